The zero-order valence-electron chi connectivity index (χ0n) is 26.3. The van der Waals surface area contributed by atoms with Crippen molar-refractivity contribution >= 4 is 29.8 Å². The Kier molecular flexibility index (Phi) is 15.6. The van der Waals surface area contributed by atoms with E-state index in [0.29, 0.717) is 12.0 Å². The zero-order chi connectivity index (χ0) is 31.9. The molecule has 2 unspecified atom stereocenters. The van der Waals surface area contributed by atoms with Crippen LogP contribution in [0.2, 0.25) is 0 Å². The minimum Gasteiger partial charge on any atom is -0.466 e. The molecule has 4 N–H and O–H groups in total. The largest absolute Gasteiger partial charge is 0.466 e. The Balaban J connectivity index is 3.52. The highest BCUT2D eigenvalue weighted by molar-refractivity contribution is 5.92. The average molecular weight is 591 g/mol. The van der Waals surface area contributed by atoms with Crippen LogP contribution in [-0.4, -0.2) is 66.0 Å². The van der Waals surface area contributed by atoms with Crippen molar-refractivity contribution in [2.75, 3.05) is 19.7 Å². The van der Waals surface area contributed by atoms with Crippen molar-refractivity contribution in [2.45, 2.75) is 111 Å². The lowest BCUT2D eigenvalue weighted by atomic mass is 9.97. The second-order valence-electron chi connectivity index (χ2n) is 11.4. The molecule has 1 aromatic rings. The van der Waals surface area contributed by atoms with Crippen LogP contribution in [-0.2, 0) is 28.7 Å². The summed E-state index contributed by atoms with van der Waals surface area (Å²) in [5.41, 5.74) is 7.11. The van der Waals surface area contributed by atoms with Crippen molar-refractivity contribution in [2.24, 2.45) is 5.73 Å². The Morgan fingerprint density at radius 3 is 2.24 bits per heavy atom. The Labute approximate surface area is 250 Å². The molecule has 0 bridgehead atoms. The van der Waals surface area contributed by atoms with Gasteiger partial charge in [-0.25, -0.2) is 4.79 Å². The molecule has 1 aromatic carbocycles. The van der Waals surface area contributed by atoms with E-state index in [4.69, 9.17) is 15.2 Å². The molecule has 236 valence electrons. The molecule has 0 radical (unpaired) electrons. The highest BCUT2D eigenvalue weighted by Gasteiger charge is 2.36. The third-order valence-electron chi connectivity index (χ3n) is 6.54. The van der Waals surface area contributed by atoms with Crippen LogP contribution in [0.15, 0.2) is 18.2 Å². The van der Waals surface area contributed by atoms with Crippen LogP contribution in [0.1, 0.15) is 102 Å². The monoisotopic (exact) mass is 590 g/mol. The summed E-state index contributed by atoms with van der Waals surface area (Å²) < 4.78 is 10.3. The molecule has 0 heterocycles. The van der Waals surface area contributed by atoms with E-state index in [-0.39, 0.29) is 39.0 Å². The smallest absolute Gasteiger partial charge is 0.408 e. The fraction of sp³-hybridized carbons (Fsp3) is 0.645. The minimum absolute atomic E-state index is 0.0227. The number of aryl methyl sites for hydroxylation is 2. The van der Waals surface area contributed by atoms with Crippen molar-refractivity contribution < 1.29 is 33.4 Å². The topological polar surface area (TPSA) is 157 Å². The first-order valence-electron chi connectivity index (χ1n) is 14.8. The average Bonchev–Trinajstić information content (AvgIpc) is 2.88. The molecule has 0 aliphatic heterocycles. The first-order valence-corrected chi connectivity index (χ1v) is 14.8. The molecular formula is C31H50N4O7. The predicted molar refractivity (Wildman–Crippen MR) is 160 cm³/mol. The molecule has 0 saturated carbocycles. The second-order valence-corrected chi connectivity index (χ2v) is 11.4. The Hall–Kier alpha value is -3.63. The van der Waals surface area contributed by atoms with E-state index < -0.39 is 47.5 Å². The zero-order valence-corrected chi connectivity index (χ0v) is 26.3. The van der Waals surface area contributed by atoms with Gasteiger partial charge < -0.3 is 30.7 Å². The van der Waals surface area contributed by atoms with Gasteiger partial charge in [-0.05, 0) is 71.1 Å². The first kappa shape index (κ1) is 36.4. The van der Waals surface area contributed by atoms with Gasteiger partial charge in [-0.15, -0.1) is 0 Å². The summed E-state index contributed by atoms with van der Waals surface area (Å²) in [6, 6.07) is 3.31. The van der Waals surface area contributed by atoms with Gasteiger partial charge in [-0.1, -0.05) is 44.4 Å². The van der Waals surface area contributed by atoms with Gasteiger partial charge in [-0.3, -0.25) is 19.2 Å². The molecule has 11 heteroatoms. The van der Waals surface area contributed by atoms with Crippen LogP contribution in [0.4, 0.5) is 4.79 Å². The van der Waals surface area contributed by atoms with Gasteiger partial charge in [0.25, 0.3) is 0 Å². The molecule has 0 spiro atoms. The molecule has 4 amide bonds. The molecule has 2 atom stereocenters. The molecule has 0 fully saturated rings. The minimum atomic E-state index is -1.17. The van der Waals surface area contributed by atoms with Gasteiger partial charge >= 0.3 is 12.1 Å². The van der Waals surface area contributed by atoms with Crippen molar-refractivity contribution in [3.8, 4) is 0 Å². The van der Waals surface area contributed by atoms with Crippen molar-refractivity contribution in [1.82, 2.24) is 15.5 Å². The van der Waals surface area contributed by atoms with Gasteiger partial charge in [0.05, 0.1) is 13.0 Å². The summed E-state index contributed by atoms with van der Waals surface area (Å²) in [4.78, 5) is 65.7. The van der Waals surface area contributed by atoms with E-state index in [2.05, 4.69) is 17.6 Å². The molecule has 0 aliphatic carbocycles. The van der Waals surface area contributed by atoms with E-state index in [1.807, 2.05) is 26.0 Å². The third-order valence-corrected chi connectivity index (χ3v) is 6.54. The van der Waals surface area contributed by atoms with Crippen LogP contribution in [0.5, 0.6) is 0 Å². The number of nitrogens with two attached hydrogens (primary N) is 1. The molecule has 1 rings (SSSR count). The standard InChI is InChI=1S/C31H50N4O7/c1-8-10-11-12-19-35(29(39)24(15-16-25(32)36)34-30(40)42-31(5,6)7)27(23-14-13-21(3)22(4)20-23)28(38)33-18-17-26(37)41-9-2/h13-14,20,24,27H,8-12,15-19H2,1-7H3,(H2,32,36)(H,33,38)(H,34,40). The molecule has 0 aliphatic rings. The molecular weight excluding hydrogens is 540 g/mol. The highest BCUT2D eigenvalue weighted by Crippen LogP contribution is 2.26. The SMILES string of the molecule is CCCCCCN(C(=O)C(CCC(N)=O)NC(=O)OC(C)(C)C)C(C(=O)NCCC(=O)OCC)c1ccc(C)c(C)c1. The Bertz CT molecular complexity index is 1070. The fourth-order valence-corrected chi connectivity index (χ4v) is 4.29. The number of rotatable bonds is 17. The van der Waals surface area contributed by atoms with Crippen LogP contribution in [0, 0.1) is 13.8 Å². The first-order chi connectivity index (χ1) is 19.7. The number of nitrogens with zero attached hydrogens (tertiary/aromatic N) is 1. The normalized spacial score (nSPS) is 12.5. The van der Waals surface area contributed by atoms with Gasteiger partial charge in [0.15, 0.2) is 0 Å². The fourth-order valence-electron chi connectivity index (χ4n) is 4.29. The van der Waals surface area contributed by atoms with Crippen molar-refractivity contribution in [3.63, 3.8) is 0 Å². The summed E-state index contributed by atoms with van der Waals surface area (Å²) in [7, 11) is 0. The van der Waals surface area contributed by atoms with Gasteiger partial charge in [0, 0.05) is 19.5 Å². The molecule has 0 saturated heterocycles. The van der Waals surface area contributed by atoms with Crippen molar-refractivity contribution in [3.05, 3.63) is 34.9 Å². The summed E-state index contributed by atoms with van der Waals surface area (Å²) in [6.07, 6.45) is 2.30. The number of benzene rings is 1. The third kappa shape index (κ3) is 13.4. The summed E-state index contributed by atoms with van der Waals surface area (Å²) >= 11 is 0. The number of carbonyl (C=O) groups excluding carboxylic acids is 5. The number of alkyl carbamates (subject to hydrolysis) is 1. The lowest BCUT2D eigenvalue weighted by Crippen LogP contribution is -2.53. The Morgan fingerprint density at radius 2 is 1.67 bits per heavy atom. The lowest BCUT2D eigenvalue weighted by Gasteiger charge is -2.35. The van der Waals surface area contributed by atoms with E-state index >= 15 is 0 Å². The summed E-state index contributed by atoms with van der Waals surface area (Å²) in [5.74, 6) is -2.09. The van der Waals surface area contributed by atoms with Gasteiger partial charge in [-0.2, -0.15) is 0 Å². The lowest BCUT2D eigenvalue weighted by molar-refractivity contribution is -0.144. The molecule has 42 heavy (non-hydrogen) atoms. The number of primary amides is 1. The maximum absolute atomic E-state index is 14.2. The molecule has 11 nitrogen and oxygen atoms in total. The second kappa shape index (κ2) is 18.0. The van der Waals surface area contributed by atoms with E-state index in [1.165, 1.54) is 4.90 Å². The number of carbonyl (C=O) groups is 5. The molecule has 0 aromatic heterocycles. The number of nitrogens with one attached hydrogen (secondary N) is 2. The van der Waals surface area contributed by atoms with Crippen molar-refractivity contribution in [1.29, 1.82) is 0 Å². The van der Waals surface area contributed by atoms with Crippen LogP contribution in [0.3, 0.4) is 0 Å². The number of ether oxygens (including phenoxy) is 2. The highest BCUT2D eigenvalue weighted by atomic mass is 16.6. The number of hydrogen-bond donors (Lipinski definition) is 3. The quantitative estimate of drug-likeness (QED) is 0.183. The van der Waals surface area contributed by atoms with Gasteiger partial charge in [0.2, 0.25) is 17.7 Å². The van der Waals surface area contributed by atoms with Crippen LogP contribution in [0.25, 0.3) is 0 Å². The maximum Gasteiger partial charge on any atom is 0.408 e. The maximum atomic E-state index is 14.2. The van der Waals surface area contributed by atoms with Crippen LogP contribution < -0.4 is 16.4 Å². The Morgan fingerprint density at radius 1 is 0.976 bits per heavy atom. The van der Waals surface area contributed by atoms with Gasteiger partial charge in [0.1, 0.15) is 17.7 Å². The van der Waals surface area contributed by atoms with E-state index in [0.717, 1.165) is 30.4 Å². The van der Waals surface area contributed by atoms with Crippen LogP contribution >= 0.6 is 0 Å². The number of esters is 1. The summed E-state index contributed by atoms with van der Waals surface area (Å²) in [6.45, 7) is 13.2. The van der Waals surface area contributed by atoms with E-state index in [9.17, 15) is 24.0 Å². The number of amides is 4. The summed E-state index contributed by atoms with van der Waals surface area (Å²) in [5, 5.41) is 5.38. The number of unbranched alkanes of at least 4 members (excludes halogenated alkanes) is 3. The predicted octanol–water partition coefficient (Wildman–Crippen LogP) is 3.98. The number of hydrogen-bond acceptors (Lipinski definition) is 7. The van der Waals surface area contributed by atoms with E-state index in [1.54, 1.807) is 33.8 Å².